The summed E-state index contributed by atoms with van der Waals surface area (Å²) >= 11 is 0. The average Bonchev–Trinajstić information content (AvgIpc) is 2.77. The van der Waals surface area contributed by atoms with Gasteiger partial charge in [-0.15, -0.1) is 0 Å². The van der Waals surface area contributed by atoms with Gasteiger partial charge in [0.15, 0.2) is 0 Å². The number of nitrogens with zero attached hydrogens (tertiary/aromatic N) is 2. The van der Waals surface area contributed by atoms with Crippen molar-refractivity contribution >= 4 is 11.8 Å². The SMILES string of the molecule is CC(C)(C)OC(=O)N1N=C(C2CCCCC2)CC1(O)C(F)(F)F. The Morgan fingerprint density at radius 3 is 2.30 bits per heavy atom. The maximum atomic E-state index is 13.4. The van der Waals surface area contributed by atoms with E-state index >= 15 is 0 Å². The van der Waals surface area contributed by atoms with E-state index in [4.69, 9.17) is 4.74 Å². The molecule has 0 radical (unpaired) electrons. The molecule has 0 aromatic rings. The van der Waals surface area contributed by atoms with Crippen LogP contribution in [0.15, 0.2) is 5.10 Å². The number of carbonyl (C=O) groups excluding carboxylic acids is 1. The predicted octanol–water partition coefficient (Wildman–Crippen LogP) is 3.81. The minimum atomic E-state index is -5.01. The van der Waals surface area contributed by atoms with Crippen molar-refractivity contribution in [3.8, 4) is 0 Å². The van der Waals surface area contributed by atoms with Crippen LogP contribution in [0.2, 0.25) is 0 Å². The molecule has 0 aromatic heterocycles. The Morgan fingerprint density at radius 1 is 1.26 bits per heavy atom. The first-order valence-corrected chi connectivity index (χ1v) is 7.84. The van der Waals surface area contributed by atoms with Gasteiger partial charge in [-0.05, 0) is 39.5 Å². The summed E-state index contributed by atoms with van der Waals surface area (Å²) < 4.78 is 45.0. The standard InChI is InChI=1S/C15H23F3N2O3/c1-13(2,3)23-12(21)20-14(22,15(16,17)18)9-11(19-20)10-7-5-4-6-8-10/h10,22H,4-9H2,1-3H3. The summed E-state index contributed by atoms with van der Waals surface area (Å²) in [5, 5.41) is 14.0. The van der Waals surface area contributed by atoms with Crippen molar-refractivity contribution in [2.75, 3.05) is 0 Å². The Hall–Kier alpha value is -1.31. The van der Waals surface area contributed by atoms with Crippen LogP contribution in [0.25, 0.3) is 0 Å². The quantitative estimate of drug-likeness (QED) is 0.792. The molecule has 1 atom stereocenters. The second kappa shape index (κ2) is 5.96. The van der Waals surface area contributed by atoms with E-state index in [1.807, 2.05) is 0 Å². The highest BCUT2D eigenvalue weighted by molar-refractivity contribution is 5.91. The minimum Gasteiger partial charge on any atom is -0.442 e. The Bertz CT molecular complexity index is 493. The number of aliphatic hydroxyl groups is 1. The number of hydrazone groups is 1. The summed E-state index contributed by atoms with van der Waals surface area (Å²) in [6, 6.07) is 0. The summed E-state index contributed by atoms with van der Waals surface area (Å²) in [6.07, 6.45) is -2.67. The van der Waals surface area contributed by atoms with Crippen LogP contribution in [0.5, 0.6) is 0 Å². The van der Waals surface area contributed by atoms with Crippen molar-refractivity contribution in [1.82, 2.24) is 5.01 Å². The molecule has 1 aliphatic carbocycles. The van der Waals surface area contributed by atoms with E-state index in [0.717, 1.165) is 32.1 Å². The highest BCUT2D eigenvalue weighted by Crippen LogP contribution is 2.43. The number of alkyl halides is 3. The lowest BCUT2D eigenvalue weighted by atomic mass is 9.83. The molecule has 1 amide bonds. The molecule has 1 unspecified atom stereocenters. The van der Waals surface area contributed by atoms with Gasteiger partial charge in [-0.3, -0.25) is 0 Å². The zero-order valence-electron chi connectivity index (χ0n) is 13.6. The van der Waals surface area contributed by atoms with Crippen LogP contribution in [0.4, 0.5) is 18.0 Å². The molecule has 0 aromatic carbocycles. The molecule has 1 aliphatic heterocycles. The van der Waals surface area contributed by atoms with Gasteiger partial charge in [-0.1, -0.05) is 19.3 Å². The van der Waals surface area contributed by atoms with Gasteiger partial charge in [0.2, 0.25) is 0 Å². The lowest BCUT2D eigenvalue weighted by Crippen LogP contribution is -2.57. The number of rotatable bonds is 1. The maximum Gasteiger partial charge on any atom is 0.439 e. The molecule has 1 N–H and O–H groups in total. The van der Waals surface area contributed by atoms with E-state index in [9.17, 15) is 23.1 Å². The second-order valence-corrected chi connectivity index (χ2v) is 7.21. The summed E-state index contributed by atoms with van der Waals surface area (Å²) in [5.74, 6) is -0.120. The molecule has 132 valence electrons. The Morgan fingerprint density at radius 2 is 1.83 bits per heavy atom. The van der Waals surface area contributed by atoms with E-state index < -0.39 is 30.0 Å². The zero-order chi connectivity index (χ0) is 17.5. The second-order valence-electron chi connectivity index (χ2n) is 7.21. The normalized spacial score (nSPS) is 27.1. The predicted molar refractivity (Wildman–Crippen MR) is 77.7 cm³/mol. The maximum absolute atomic E-state index is 13.4. The van der Waals surface area contributed by atoms with E-state index in [2.05, 4.69) is 5.10 Å². The van der Waals surface area contributed by atoms with Gasteiger partial charge in [0.05, 0.1) is 0 Å². The summed E-state index contributed by atoms with van der Waals surface area (Å²) in [5.41, 5.74) is -4.08. The van der Waals surface area contributed by atoms with Gasteiger partial charge < -0.3 is 9.84 Å². The first-order valence-electron chi connectivity index (χ1n) is 7.84. The lowest BCUT2D eigenvalue weighted by Gasteiger charge is -2.33. The van der Waals surface area contributed by atoms with E-state index in [1.54, 1.807) is 20.8 Å². The smallest absolute Gasteiger partial charge is 0.439 e. The Kier molecular flexibility index (Phi) is 4.67. The fourth-order valence-corrected chi connectivity index (χ4v) is 2.95. The van der Waals surface area contributed by atoms with Crippen molar-refractivity contribution in [3.63, 3.8) is 0 Å². The largest absolute Gasteiger partial charge is 0.442 e. The molecule has 1 fully saturated rings. The van der Waals surface area contributed by atoms with Gasteiger partial charge >= 0.3 is 12.3 Å². The topological polar surface area (TPSA) is 62.1 Å². The molecular formula is C15H23F3N2O3. The summed E-state index contributed by atoms with van der Waals surface area (Å²) in [6.45, 7) is 4.62. The number of carbonyl (C=O) groups is 1. The highest BCUT2D eigenvalue weighted by atomic mass is 19.4. The third-order valence-corrected chi connectivity index (χ3v) is 4.10. The van der Waals surface area contributed by atoms with Crippen LogP contribution in [-0.2, 0) is 4.74 Å². The van der Waals surface area contributed by atoms with Crippen LogP contribution < -0.4 is 0 Å². The van der Waals surface area contributed by atoms with Gasteiger partial charge in [-0.2, -0.15) is 23.3 Å². The minimum absolute atomic E-state index is 0.0716. The third-order valence-electron chi connectivity index (χ3n) is 4.10. The molecule has 0 spiro atoms. The molecule has 1 heterocycles. The van der Waals surface area contributed by atoms with Crippen molar-refractivity contribution < 1.29 is 27.8 Å². The van der Waals surface area contributed by atoms with E-state index in [0.29, 0.717) is 0 Å². The van der Waals surface area contributed by atoms with Crippen molar-refractivity contribution in [2.45, 2.75) is 76.8 Å². The fourth-order valence-electron chi connectivity index (χ4n) is 2.95. The number of hydrogen-bond acceptors (Lipinski definition) is 4. The number of halogens is 3. The molecule has 5 nitrogen and oxygen atoms in total. The van der Waals surface area contributed by atoms with Crippen molar-refractivity contribution in [2.24, 2.45) is 11.0 Å². The Labute approximate surface area is 133 Å². The number of ether oxygens (including phenoxy) is 1. The number of hydrogen-bond donors (Lipinski definition) is 1. The van der Waals surface area contributed by atoms with Crippen LogP contribution in [0.3, 0.4) is 0 Å². The first-order chi connectivity index (χ1) is 10.4. The fraction of sp³-hybridized carbons (Fsp3) is 0.867. The van der Waals surface area contributed by atoms with Gasteiger partial charge in [0.1, 0.15) is 5.60 Å². The molecule has 0 bridgehead atoms. The summed E-state index contributed by atoms with van der Waals surface area (Å²) in [4.78, 5) is 12.1. The lowest BCUT2D eigenvalue weighted by molar-refractivity contribution is -0.300. The van der Waals surface area contributed by atoms with Crippen molar-refractivity contribution in [3.05, 3.63) is 0 Å². The molecule has 2 rings (SSSR count). The molecule has 23 heavy (non-hydrogen) atoms. The first kappa shape index (κ1) is 18.0. The van der Waals surface area contributed by atoms with Crippen LogP contribution in [0, 0.1) is 5.92 Å². The van der Waals surface area contributed by atoms with Gasteiger partial charge in [0, 0.05) is 12.1 Å². The molecule has 2 aliphatic rings. The van der Waals surface area contributed by atoms with Crippen molar-refractivity contribution in [1.29, 1.82) is 0 Å². The Balaban J connectivity index is 2.28. The average molecular weight is 336 g/mol. The van der Waals surface area contributed by atoms with Crippen LogP contribution in [0.1, 0.15) is 59.3 Å². The zero-order valence-corrected chi connectivity index (χ0v) is 13.6. The highest BCUT2D eigenvalue weighted by Gasteiger charge is 2.64. The molecule has 8 heteroatoms. The summed E-state index contributed by atoms with van der Waals surface area (Å²) in [7, 11) is 0. The van der Waals surface area contributed by atoms with E-state index in [1.165, 1.54) is 0 Å². The van der Waals surface area contributed by atoms with Gasteiger partial charge in [-0.25, -0.2) is 4.79 Å². The third kappa shape index (κ3) is 3.79. The van der Waals surface area contributed by atoms with E-state index in [-0.39, 0.29) is 16.6 Å². The monoisotopic (exact) mass is 336 g/mol. The van der Waals surface area contributed by atoms with Crippen LogP contribution in [-0.4, -0.2) is 39.4 Å². The molecule has 1 saturated carbocycles. The van der Waals surface area contributed by atoms with Gasteiger partial charge in [0.25, 0.3) is 5.72 Å². The molecule has 0 saturated heterocycles. The molecular weight excluding hydrogens is 313 g/mol. The number of amides is 1. The van der Waals surface area contributed by atoms with Crippen LogP contribution >= 0.6 is 0 Å².